The van der Waals surface area contributed by atoms with Crippen LogP contribution in [0.4, 0.5) is 11.4 Å². The first-order chi connectivity index (χ1) is 17.0. The van der Waals surface area contributed by atoms with Crippen LogP contribution < -0.4 is 9.64 Å². The number of anilines is 1. The molecule has 4 aromatic carbocycles. The standard InChI is InChI=1S/C28H20N2O5/c31-26-23-13-7-8-14-24(23)35-27(19-15-17-22(18-16-19)30(33)34)25(26)29(21-11-5-2-6-12-21)28(32)20-9-3-1-4-10-20/h1-18,25,27H. The summed E-state index contributed by atoms with van der Waals surface area (Å²) in [5, 5.41) is 11.2. The zero-order valence-corrected chi connectivity index (χ0v) is 18.5. The lowest BCUT2D eigenvalue weighted by atomic mass is 9.89. The van der Waals surface area contributed by atoms with E-state index in [1.54, 1.807) is 84.9 Å². The largest absolute Gasteiger partial charge is 0.482 e. The lowest BCUT2D eigenvalue weighted by Gasteiger charge is -2.39. The fourth-order valence-corrected chi connectivity index (χ4v) is 4.27. The maximum absolute atomic E-state index is 13.9. The number of ketones is 1. The molecule has 0 aromatic heterocycles. The minimum absolute atomic E-state index is 0.0758. The summed E-state index contributed by atoms with van der Waals surface area (Å²) in [5.74, 6) is -0.231. The summed E-state index contributed by atoms with van der Waals surface area (Å²) in [5.41, 5.74) is 1.80. The topological polar surface area (TPSA) is 89.8 Å². The van der Waals surface area contributed by atoms with Crippen LogP contribution in [0.1, 0.15) is 32.4 Å². The van der Waals surface area contributed by atoms with Crippen molar-refractivity contribution in [2.45, 2.75) is 12.1 Å². The van der Waals surface area contributed by atoms with E-state index < -0.39 is 17.1 Å². The van der Waals surface area contributed by atoms with Gasteiger partial charge in [-0.1, -0.05) is 48.5 Å². The van der Waals surface area contributed by atoms with E-state index >= 15 is 0 Å². The summed E-state index contributed by atoms with van der Waals surface area (Å²) in [4.78, 5) is 39.9. The number of hydrogen-bond donors (Lipinski definition) is 0. The number of nitro groups is 1. The highest BCUT2D eigenvalue weighted by atomic mass is 16.6. The first-order valence-corrected chi connectivity index (χ1v) is 11.0. The minimum atomic E-state index is -1.04. The Bertz CT molecular complexity index is 1390. The van der Waals surface area contributed by atoms with Crippen LogP contribution in [0, 0.1) is 10.1 Å². The number of nitro benzene ring substituents is 1. The number of Topliss-reactive ketones (excluding diaryl/α,β-unsaturated/α-hetero) is 1. The van der Waals surface area contributed by atoms with Crippen LogP contribution in [0.2, 0.25) is 0 Å². The smallest absolute Gasteiger partial charge is 0.269 e. The van der Waals surface area contributed by atoms with Crippen molar-refractivity contribution >= 4 is 23.1 Å². The average molecular weight is 464 g/mol. The summed E-state index contributed by atoms with van der Waals surface area (Å²) < 4.78 is 6.31. The fraction of sp³-hybridized carbons (Fsp3) is 0.0714. The SMILES string of the molecule is O=C1c2ccccc2OC(c2ccc([N+](=O)[O-])cc2)C1N(C(=O)c1ccccc1)c1ccccc1. The number of hydrogen-bond acceptors (Lipinski definition) is 5. The Morgan fingerprint density at radius 1 is 0.800 bits per heavy atom. The van der Waals surface area contributed by atoms with Crippen LogP contribution in [0.15, 0.2) is 109 Å². The number of benzene rings is 4. The van der Waals surface area contributed by atoms with Crippen LogP contribution in [0.5, 0.6) is 5.75 Å². The van der Waals surface area contributed by atoms with Crippen molar-refractivity contribution in [3.63, 3.8) is 0 Å². The van der Waals surface area contributed by atoms with E-state index in [0.29, 0.717) is 28.1 Å². The summed E-state index contributed by atoms with van der Waals surface area (Å²) >= 11 is 0. The Balaban J connectivity index is 1.68. The Labute approximate surface area is 201 Å². The van der Waals surface area contributed by atoms with Gasteiger partial charge in [0.15, 0.2) is 11.9 Å². The normalized spacial score (nSPS) is 16.6. The zero-order valence-electron chi connectivity index (χ0n) is 18.5. The van der Waals surface area contributed by atoms with Gasteiger partial charge in [0, 0.05) is 23.4 Å². The molecule has 0 radical (unpaired) electrons. The number of nitrogens with zero attached hydrogens (tertiary/aromatic N) is 2. The highest BCUT2D eigenvalue weighted by Gasteiger charge is 2.44. The Morgan fingerprint density at radius 2 is 1.40 bits per heavy atom. The maximum atomic E-state index is 13.9. The van der Waals surface area contributed by atoms with Crippen molar-refractivity contribution in [2.75, 3.05) is 4.90 Å². The molecule has 35 heavy (non-hydrogen) atoms. The predicted octanol–water partition coefficient (Wildman–Crippen LogP) is 5.63. The first kappa shape index (κ1) is 22.0. The van der Waals surface area contributed by atoms with Crippen LogP contribution >= 0.6 is 0 Å². The highest BCUT2D eigenvalue weighted by Crippen LogP contribution is 2.40. The predicted molar refractivity (Wildman–Crippen MR) is 131 cm³/mol. The number of non-ortho nitro benzene ring substituents is 1. The number of carbonyl (C=O) groups is 2. The number of fused-ring (bicyclic) bond motifs is 1. The molecule has 0 saturated heterocycles. The van der Waals surface area contributed by atoms with Gasteiger partial charge in [-0.05, 0) is 54.1 Å². The molecule has 0 N–H and O–H groups in total. The van der Waals surface area contributed by atoms with Crippen LogP contribution in [0.3, 0.4) is 0 Å². The van der Waals surface area contributed by atoms with Crippen LogP contribution in [-0.4, -0.2) is 22.7 Å². The second kappa shape index (κ2) is 9.23. The van der Waals surface area contributed by atoms with E-state index in [0.717, 1.165) is 0 Å². The molecule has 0 saturated carbocycles. The van der Waals surface area contributed by atoms with Gasteiger partial charge in [-0.2, -0.15) is 0 Å². The van der Waals surface area contributed by atoms with Crippen molar-refractivity contribution in [1.82, 2.24) is 0 Å². The molecule has 1 amide bonds. The van der Waals surface area contributed by atoms with Gasteiger partial charge in [0.25, 0.3) is 11.6 Å². The molecule has 1 heterocycles. The average Bonchev–Trinajstić information content (AvgIpc) is 2.91. The van der Waals surface area contributed by atoms with Crippen molar-refractivity contribution in [3.8, 4) is 5.75 Å². The van der Waals surface area contributed by atoms with Gasteiger partial charge in [0.2, 0.25) is 0 Å². The van der Waals surface area contributed by atoms with Gasteiger partial charge in [-0.25, -0.2) is 0 Å². The minimum Gasteiger partial charge on any atom is -0.482 e. The number of rotatable bonds is 5. The first-order valence-electron chi connectivity index (χ1n) is 11.0. The third kappa shape index (κ3) is 4.15. The van der Waals surface area contributed by atoms with Gasteiger partial charge >= 0.3 is 0 Å². The van der Waals surface area contributed by atoms with Gasteiger partial charge < -0.3 is 4.74 Å². The van der Waals surface area contributed by atoms with E-state index in [-0.39, 0.29) is 17.4 Å². The lowest BCUT2D eigenvalue weighted by Crippen LogP contribution is -2.52. The zero-order chi connectivity index (χ0) is 24.4. The van der Waals surface area contributed by atoms with Crippen molar-refractivity contribution < 1.29 is 19.2 Å². The van der Waals surface area contributed by atoms with E-state index in [2.05, 4.69) is 0 Å². The number of carbonyl (C=O) groups excluding carboxylic acids is 2. The molecule has 5 rings (SSSR count). The number of amides is 1. The Kier molecular flexibility index (Phi) is 5.81. The van der Waals surface area contributed by atoms with Crippen LogP contribution in [-0.2, 0) is 0 Å². The van der Waals surface area contributed by atoms with Gasteiger partial charge in [0.05, 0.1) is 10.5 Å². The third-order valence-corrected chi connectivity index (χ3v) is 5.95. The second-order valence-electron chi connectivity index (χ2n) is 8.07. The monoisotopic (exact) mass is 464 g/mol. The van der Waals surface area contributed by atoms with Gasteiger partial charge in [-0.15, -0.1) is 0 Å². The Morgan fingerprint density at radius 3 is 2.06 bits per heavy atom. The molecule has 1 aliphatic heterocycles. The molecule has 172 valence electrons. The molecular weight excluding hydrogens is 444 g/mol. The van der Waals surface area contributed by atoms with Crippen molar-refractivity contribution in [1.29, 1.82) is 0 Å². The molecule has 0 aliphatic carbocycles. The number of ether oxygens (including phenoxy) is 1. The molecule has 0 spiro atoms. The Hall–Kier alpha value is -4.78. The van der Waals surface area contributed by atoms with E-state index in [1.165, 1.54) is 17.0 Å². The van der Waals surface area contributed by atoms with Crippen molar-refractivity contribution in [3.05, 3.63) is 136 Å². The molecular formula is C28H20N2O5. The summed E-state index contributed by atoms with van der Waals surface area (Å²) in [6, 6.07) is 29.4. The van der Waals surface area contributed by atoms with E-state index in [4.69, 9.17) is 4.74 Å². The summed E-state index contributed by atoms with van der Waals surface area (Å²) in [7, 11) is 0. The third-order valence-electron chi connectivity index (χ3n) is 5.95. The summed E-state index contributed by atoms with van der Waals surface area (Å²) in [6.45, 7) is 0. The molecule has 2 atom stereocenters. The van der Waals surface area contributed by atoms with E-state index in [1.807, 2.05) is 12.1 Å². The quantitative estimate of drug-likeness (QED) is 0.282. The van der Waals surface area contributed by atoms with Crippen molar-refractivity contribution in [2.24, 2.45) is 0 Å². The molecule has 0 bridgehead atoms. The molecule has 0 fully saturated rings. The van der Waals surface area contributed by atoms with Gasteiger partial charge in [0.1, 0.15) is 11.8 Å². The molecule has 1 aliphatic rings. The van der Waals surface area contributed by atoms with Gasteiger partial charge in [-0.3, -0.25) is 24.6 Å². The molecule has 4 aromatic rings. The molecule has 7 nitrogen and oxygen atoms in total. The van der Waals surface area contributed by atoms with Crippen LogP contribution in [0.25, 0.3) is 0 Å². The van der Waals surface area contributed by atoms with E-state index in [9.17, 15) is 19.7 Å². The molecule has 7 heteroatoms. The fourth-order valence-electron chi connectivity index (χ4n) is 4.27. The highest BCUT2D eigenvalue weighted by molar-refractivity contribution is 6.14. The molecule has 2 unspecified atom stereocenters. The number of para-hydroxylation sites is 2. The lowest BCUT2D eigenvalue weighted by molar-refractivity contribution is -0.384. The second-order valence-corrected chi connectivity index (χ2v) is 8.07. The maximum Gasteiger partial charge on any atom is 0.269 e. The summed E-state index contributed by atoms with van der Waals surface area (Å²) in [6.07, 6.45) is -0.883.